The fraction of sp³-hybridized carbons (Fsp3) is 1.00. The Labute approximate surface area is 73.6 Å². The van der Waals surface area contributed by atoms with Crippen LogP contribution in [0.1, 0.15) is 6.92 Å². The molecule has 0 spiro atoms. The first kappa shape index (κ1) is 12.7. The van der Waals surface area contributed by atoms with E-state index in [0.29, 0.717) is 13.2 Å². The van der Waals surface area contributed by atoms with Crippen LogP contribution in [-0.4, -0.2) is 33.2 Å². The van der Waals surface area contributed by atoms with E-state index in [1.807, 2.05) is 0 Å². The molecule has 0 fully saturated rings. The third-order valence-electron chi connectivity index (χ3n) is 1.36. The minimum absolute atomic E-state index is 0.432. The summed E-state index contributed by atoms with van der Waals surface area (Å²) in [5.41, 5.74) is -5.53. The quantitative estimate of drug-likeness (QED) is 0.696. The van der Waals surface area contributed by atoms with Gasteiger partial charge in [0, 0.05) is 6.26 Å². The van der Waals surface area contributed by atoms with Gasteiger partial charge in [0.25, 0.3) is 9.84 Å². The summed E-state index contributed by atoms with van der Waals surface area (Å²) >= 11 is 0. The van der Waals surface area contributed by atoms with Gasteiger partial charge in [0.15, 0.2) is 14.4 Å². The largest absolute Gasteiger partial charge is 0.498 e. The molecule has 0 saturated heterocycles. The maximum atomic E-state index is 11.8. The number of hydrogen-bond donors (Lipinski definition) is 0. The topological polar surface area (TPSA) is 68.3 Å². The highest BCUT2D eigenvalue weighted by Gasteiger charge is 2.52. The molecular formula is C4H7F3O4S2. The van der Waals surface area contributed by atoms with Gasteiger partial charge >= 0.3 is 5.51 Å². The van der Waals surface area contributed by atoms with Crippen LogP contribution in [0.4, 0.5) is 13.2 Å². The molecule has 9 heteroatoms. The van der Waals surface area contributed by atoms with E-state index in [1.54, 1.807) is 0 Å². The lowest BCUT2D eigenvalue weighted by atomic mass is 11.0. The number of halogens is 3. The lowest BCUT2D eigenvalue weighted by molar-refractivity contribution is -0.0437. The highest BCUT2D eigenvalue weighted by Crippen LogP contribution is 2.28. The summed E-state index contributed by atoms with van der Waals surface area (Å²) < 4.78 is 74.9. The molecule has 0 saturated carbocycles. The van der Waals surface area contributed by atoms with Crippen LogP contribution in [0.2, 0.25) is 0 Å². The molecule has 0 aromatic rings. The normalized spacial score (nSPS) is 17.0. The first-order valence-corrected chi connectivity index (χ1v) is 6.40. The molecule has 0 rings (SSSR count). The maximum Gasteiger partial charge on any atom is 0.498 e. The molecule has 0 aliphatic carbocycles. The fourth-order valence-electron chi connectivity index (χ4n) is 0.418. The van der Waals surface area contributed by atoms with E-state index in [4.69, 9.17) is 0 Å². The van der Waals surface area contributed by atoms with Gasteiger partial charge in [-0.2, -0.15) is 13.2 Å². The lowest BCUT2D eigenvalue weighted by Gasteiger charge is -2.12. The van der Waals surface area contributed by atoms with Gasteiger partial charge < -0.3 is 0 Å². The van der Waals surface area contributed by atoms with Crippen molar-refractivity contribution in [3.8, 4) is 0 Å². The van der Waals surface area contributed by atoms with E-state index in [2.05, 4.69) is 0 Å². The Morgan fingerprint density at radius 1 is 1.08 bits per heavy atom. The second kappa shape index (κ2) is 3.12. The highest BCUT2D eigenvalue weighted by atomic mass is 32.3. The van der Waals surface area contributed by atoms with E-state index < -0.39 is 29.8 Å². The van der Waals surface area contributed by atoms with Crippen LogP contribution in [0.15, 0.2) is 0 Å². The monoisotopic (exact) mass is 240 g/mol. The van der Waals surface area contributed by atoms with E-state index in [1.165, 1.54) is 0 Å². The third-order valence-corrected chi connectivity index (χ3v) is 5.90. The summed E-state index contributed by atoms with van der Waals surface area (Å²) in [7, 11) is -9.87. The summed E-state index contributed by atoms with van der Waals surface area (Å²) in [6.07, 6.45) is 0.432. The van der Waals surface area contributed by atoms with Gasteiger partial charge in [0.1, 0.15) is 0 Å². The summed E-state index contributed by atoms with van der Waals surface area (Å²) in [5, 5.41) is 0. The van der Waals surface area contributed by atoms with Gasteiger partial charge in [0.05, 0.1) is 0 Å². The predicted octanol–water partition coefficient (Wildman–Crippen LogP) is 0.312. The van der Waals surface area contributed by atoms with Crippen LogP contribution in [0.25, 0.3) is 0 Å². The van der Waals surface area contributed by atoms with Crippen LogP contribution in [0, 0.1) is 0 Å². The van der Waals surface area contributed by atoms with Gasteiger partial charge in [-0.3, -0.25) is 0 Å². The Bertz CT molecular complexity index is 376. The zero-order chi connectivity index (χ0) is 11.1. The van der Waals surface area contributed by atoms with Crippen molar-refractivity contribution in [3.63, 3.8) is 0 Å². The molecule has 1 unspecified atom stereocenters. The van der Waals surface area contributed by atoms with Crippen LogP contribution in [-0.2, 0) is 19.7 Å². The molecule has 4 nitrogen and oxygen atoms in total. The second-order valence-corrected chi connectivity index (χ2v) is 7.31. The van der Waals surface area contributed by atoms with Crippen molar-refractivity contribution in [3.05, 3.63) is 0 Å². The molecule has 80 valence electrons. The molecule has 0 aliphatic rings. The molecule has 0 radical (unpaired) electrons. The van der Waals surface area contributed by atoms with Crippen LogP contribution in [0.3, 0.4) is 0 Å². The van der Waals surface area contributed by atoms with E-state index in [0.717, 1.165) is 0 Å². The molecule has 0 heterocycles. The molecule has 0 bridgehead atoms. The van der Waals surface area contributed by atoms with Gasteiger partial charge in [-0.05, 0) is 6.92 Å². The van der Waals surface area contributed by atoms with Gasteiger partial charge in [0.2, 0.25) is 0 Å². The molecule has 0 amide bonds. The second-order valence-electron chi connectivity index (χ2n) is 2.39. The average Bonchev–Trinajstić information content (AvgIpc) is 1.81. The summed E-state index contributed by atoms with van der Waals surface area (Å²) in [4.78, 5) is 0. The Kier molecular flexibility index (Phi) is 3.05. The SMILES string of the molecule is CC(S(C)(=O)=O)S(=O)(=O)C(F)(F)F. The third kappa shape index (κ3) is 2.56. The van der Waals surface area contributed by atoms with Crippen molar-refractivity contribution in [2.75, 3.05) is 6.26 Å². The fourth-order valence-corrected chi connectivity index (χ4v) is 2.96. The Morgan fingerprint density at radius 2 is 1.38 bits per heavy atom. The van der Waals surface area contributed by atoms with E-state index in [-0.39, 0.29) is 0 Å². The summed E-state index contributed by atoms with van der Waals surface area (Å²) in [6, 6.07) is 0. The van der Waals surface area contributed by atoms with Crippen molar-refractivity contribution in [2.45, 2.75) is 17.0 Å². The number of hydrogen-bond acceptors (Lipinski definition) is 4. The molecule has 1 atom stereocenters. The van der Waals surface area contributed by atoms with Crippen molar-refractivity contribution in [1.29, 1.82) is 0 Å². The lowest BCUT2D eigenvalue weighted by Crippen LogP contribution is -2.36. The molecule has 0 aliphatic heterocycles. The van der Waals surface area contributed by atoms with Gasteiger partial charge in [-0.25, -0.2) is 16.8 Å². The first-order valence-electron chi connectivity index (χ1n) is 2.89. The Balaban J connectivity index is 5.37. The summed E-state index contributed by atoms with van der Waals surface area (Å²) in [6.45, 7) is 0.484. The van der Waals surface area contributed by atoms with E-state index in [9.17, 15) is 30.0 Å². The standard InChI is InChI=1S/C4H7F3O4S2/c1-3(12(2,8)9)13(10,11)4(5,6)7/h3H,1-2H3. The van der Waals surface area contributed by atoms with Crippen molar-refractivity contribution >= 4 is 19.7 Å². The Hall–Kier alpha value is -0.310. The molecule has 0 aromatic heterocycles. The maximum absolute atomic E-state index is 11.8. The smallest absolute Gasteiger partial charge is 0.228 e. The molecular weight excluding hydrogens is 233 g/mol. The van der Waals surface area contributed by atoms with Gasteiger partial charge in [-0.15, -0.1) is 0 Å². The number of sulfone groups is 2. The van der Waals surface area contributed by atoms with Crippen molar-refractivity contribution in [1.82, 2.24) is 0 Å². The minimum atomic E-state index is -5.62. The summed E-state index contributed by atoms with van der Waals surface area (Å²) in [5.74, 6) is 0. The van der Waals surface area contributed by atoms with Crippen LogP contribution in [0.5, 0.6) is 0 Å². The van der Waals surface area contributed by atoms with Crippen molar-refractivity contribution < 1.29 is 30.0 Å². The molecule has 13 heavy (non-hydrogen) atoms. The Morgan fingerprint density at radius 3 is 1.46 bits per heavy atom. The van der Waals surface area contributed by atoms with E-state index >= 15 is 0 Å². The van der Waals surface area contributed by atoms with Crippen molar-refractivity contribution in [2.24, 2.45) is 0 Å². The highest BCUT2D eigenvalue weighted by molar-refractivity contribution is 8.09. The zero-order valence-electron chi connectivity index (χ0n) is 6.66. The first-order chi connectivity index (χ1) is 5.40. The van der Waals surface area contributed by atoms with Gasteiger partial charge in [-0.1, -0.05) is 0 Å². The predicted molar refractivity (Wildman–Crippen MR) is 39.3 cm³/mol. The van der Waals surface area contributed by atoms with Crippen LogP contribution < -0.4 is 0 Å². The zero-order valence-corrected chi connectivity index (χ0v) is 8.29. The number of rotatable bonds is 2. The number of alkyl halides is 3. The molecule has 0 N–H and O–H groups in total. The average molecular weight is 240 g/mol. The van der Waals surface area contributed by atoms with Crippen LogP contribution >= 0.6 is 0 Å². The minimum Gasteiger partial charge on any atom is -0.228 e. The molecule has 0 aromatic carbocycles.